The lowest BCUT2D eigenvalue weighted by Gasteiger charge is -2.06. The molecule has 2 aromatic rings. The van der Waals surface area contributed by atoms with Crippen LogP contribution in [0, 0.1) is 12.7 Å². The fraction of sp³-hybridized carbons (Fsp3) is 0.0833. The first-order valence-electron chi connectivity index (χ1n) is 4.99. The van der Waals surface area contributed by atoms with E-state index in [0.29, 0.717) is 9.35 Å². The molecule has 1 heterocycles. The summed E-state index contributed by atoms with van der Waals surface area (Å²) in [4.78, 5) is 12.0. The number of rotatable bonds is 2. The Bertz CT molecular complexity index is 612. The Morgan fingerprint density at radius 3 is 2.61 bits per heavy atom. The van der Waals surface area contributed by atoms with E-state index in [2.05, 4.69) is 37.2 Å². The second-order valence-corrected chi connectivity index (χ2v) is 7.42. The quantitative estimate of drug-likeness (QED) is 0.767. The Morgan fingerprint density at radius 1 is 1.33 bits per heavy atom. The molecule has 0 bridgehead atoms. The molecule has 1 aromatic carbocycles. The first-order chi connectivity index (χ1) is 8.47. The molecule has 0 saturated carbocycles. The Hall–Kier alpha value is -0.720. The van der Waals surface area contributed by atoms with Crippen molar-refractivity contribution in [1.29, 1.82) is 0 Å². The normalized spacial score (nSPS) is 10.4. The van der Waals surface area contributed by atoms with Crippen molar-refractivity contribution in [3.05, 3.63) is 48.8 Å². The van der Waals surface area contributed by atoms with E-state index < -0.39 is 5.82 Å². The van der Waals surface area contributed by atoms with E-state index in [-0.39, 0.29) is 11.6 Å². The molecule has 2 nitrogen and oxygen atoms in total. The van der Waals surface area contributed by atoms with Crippen LogP contribution in [0.3, 0.4) is 0 Å². The van der Waals surface area contributed by atoms with Gasteiger partial charge >= 0.3 is 0 Å². The minimum absolute atomic E-state index is 0.180. The molecule has 94 valence electrons. The van der Waals surface area contributed by atoms with Crippen LogP contribution in [0.15, 0.2) is 31.8 Å². The van der Waals surface area contributed by atoms with Crippen molar-refractivity contribution in [3.8, 4) is 0 Å². The third-order valence-corrected chi connectivity index (χ3v) is 4.61. The van der Waals surface area contributed by atoms with Crippen LogP contribution in [0.5, 0.6) is 0 Å². The van der Waals surface area contributed by atoms with Crippen LogP contribution < -0.4 is 5.32 Å². The molecule has 0 fully saturated rings. The zero-order valence-corrected chi connectivity index (χ0v) is 13.2. The van der Waals surface area contributed by atoms with Gasteiger partial charge in [-0.05, 0) is 62.5 Å². The largest absolute Gasteiger partial charge is 0.319 e. The Kier molecular flexibility index (Phi) is 4.19. The zero-order valence-electron chi connectivity index (χ0n) is 9.26. The highest BCUT2D eigenvalue weighted by molar-refractivity contribution is 9.12. The Morgan fingerprint density at radius 2 is 2.06 bits per heavy atom. The van der Waals surface area contributed by atoms with Crippen molar-refractivity contribution < 1.29 is 9.18 Å². The third kappa shape index (κ3) is 2.99. The SMILES string of the molecule is Cc1ccc(NC(=O)c2cc(Br)sc2Br)c(F)c1. The highest BCUT2D eigenvalue weighted by atomic mass is 79.9. The summed E-state index contributed by atoms with van der Waals surface area (Å²) in [5, 5.41) is 2.55. The number of hydrogen-bond donors (Lipinski definition) is 1. The van der Waals surface area contributed by atoms with Gasteiger partial charge in [-0.3, -0.25) is 4.79 Å². The minimum atomic E-state index is -0.436. The van der Waals surface area contributed by atoms with Gasteiger partial charge in [0, 0.05) is 0 Å². The van der Waals surface area contributed by atoms with Crippen molar-refractivity contribution in [2.24, 2.45) is 0 Å². The molecule has 1 N–H and O–H groups in total. The summed E-state index contributed by atoms with van der Waals surface area (Å²) in [6, 6.07) is 6.37. The summed E-state index contributed by atoms with van der Waals surface area (Å²) in [5.74, 6) is -0.777. The summed E-state index contributed by atoms with van der Waals surface area (Å²) in [6.45, 7) is 1.79. The lowest BCUT2D eigenvalue weighted by Crippen LogP contribution is -2.12. The van der Waals surface area contributed by atoms with Crippen molar-refractivity contribution >= 4 is 54.8 Å². The standard InChI is InChI=1S/C12H8Br2FNOS/c1-6-2-3-9(8(15)4-6)16-12(17)7-5-10(13)18-11(7)14/h2-5H,1H3,(H,16,17). The monoisotopic (exact) mass is 391 g/mol. The average Bonchev–Trinajstić information content (AvgIpc) is 2.62. The highest BCUT2D eigenvalue weighted by Gasteiger charge is 2.15. The molecule has 0 radical (unpaired) electrons. The van der Waals surface area contributed by atoms with Crippen molar-refractivity contribution in [2.75, 3.05) is 5.32 Å². The van der Waals surface area contributed by atoms with Gasteiger partial charge in [-0.15, -0.1) is 11.3 Å². The number of halogens is 3. The number of anilines is 1. The molecule has 18 heavy (non-hydrogen) atoms. The van der Waals surface area contributed by atoms with Gasteiger partial charge in [0.2, 0.25) is 0 Å². The fourth-order valence-corrected chi connectivity index (χ4v) is 4.20. The summed E-state index contributed by atoms with van der Waals surface area (Å²) < 4.78 is 15.1. The molecular weight excluding hydrogens is 385 g/mol. The van der Waals surface area contributed by atoms with Gasteiger partial charge < -0.3 is 5.32 Å². The number of thiophene rings is 1. The van der Waals surface area contributed by atoms with Crippen LogP contribution >= 0.6 is 43.2 Å². The van der Waals surface area contributed by atoms with E-state index in [9.17, 15) is 9.18 Å². The van der Waals surface area contributed by atoms with Gasteiger partial charge in [-0.1, -0.05) is 6.07 Å². The summed E-state index contributed by atoms with van der Waals surface area (Å²) in [7, 11) is 0. The molecule has 0 aliphatic carbocycles. The topological polar surface area (TPSA) is 29.1 Å². The van der Waals surface area contributed by atoms with E-state index in [1.807, 2.05) is 0 Å². The van der Waals surface area contributed by atoms with E-state index in [4.69, 9.17) is 0 Å². The number of carbonyl (C=O) groups excluding carboxylic acids is 1. The molecule has 1 amide bonds. The number of amides is 1. The van der Waals surface area contributed by atoms with E-state index in [1.54, 1.807) is 25.1 Å². The number of aryl methyl sites for hydroxylation is 1. The van der Waals surface area contributed by atoms with E-state index >= 15 is 0 Å². The zero-order chi connectivity index (χ0) is 13.3. The van der Waals surface area contributed by atoms with Crippen LogP contribution in [-0.4, -0.2) is 5.91 Å². The van der Waals surface area contributed by atoms with E-state index in [1.165, 1.54) is 17.4 Å². The van der Waals surface area contributed by atoms with Gasteiger partial charge in [0.25, 0.3) is 5.91 Å². The number of benzene rings is 1. The minimum Gasteiger partial charge on any atom is -0.319 e. The molecule has 0 spiro atoms. The van der Waals surface area contributed by atoms with Gasteiger partial charge in [0.15, 0.2) is 0 Å². The van der Waals surface area contributed by atoms with Gasteiger partial charge in [-0.25, -0.2) is 4.39 Å². The first-order valence-corrected chi connectivity index (χ1v) is 7.40. The van der Waals surface area contributed by atoms with Crippen molar-refractivity contribution in [1.82, 2.24) is 0 Å². The van der Waals surface area contributed by atoms with E-state index in [0.717, 1.165) is 9.35 Å². The second-order valence-electron chi connectivity index (χ2n) is 3.68. The van der Waals surface area contributed by atoms with Crippen molar-refractivity contribution in [3.63, 3.8) is 0 Å². The maximum Gasteiger partial charge on any atom is 0.257 e. The predicted molar refractivity (Wildman–Crippen MR) is 78.8 cm³/mol. The highest BCUT2D eigenvalue weighted by Crippen LogP contribution is 2.32. The third-order valence-electron chi connectivity index (χ3n) is 2.27. The predicted octanol–water partition coefficient (Wildman–Crippen LogP) is 4.97. The Labute approximate surface area is 124 Å². The number of hydrogen-bond acceptors (Lipinski definition) is 2. The lowest BCUT2D eigenvalue weighted by molar-refractivity contribution is 0.102. The Balaban J connectivity index is 2.24. The second kappa shape index (κ2) is 5.50. The molecule has 0 aliphatic heterocycles. The molecular formula is C12H8Br2FNOS. The van der Waals surface area contributed by atoms with Crippen molar-refractivity contribution in [2.45, 2.75) is 6.92 Å². The summed E-state index contributed by atoms with van der Waals surface area (Å²) >= 11 is 7.98. The molecule has 2 rings (SSSR count). The number of carbonyl (C=O) groups is 1. The maximum absolute atomic E-state index is 13.6. The van der Waals surface area contributed by atoms with Gasteiger partial charge in [0.05, 0.1) is 18.8 Å². The molecule has 0 aliphatic rings. The fourth-order valence-electron chi connectivity index (χ4n) is 1.41. The molecule has 0 unspecified atom stereocenters. The van der Waals surface area contributed by atoms with Crippen LogP contribution in [-0.2, 0) is 0 Å². The van der Waals surface area contributed by atoms with Gasteiger partial charge in [0.1, 0.15) is 5.82 Å². The molecule has 1 aromatic heterocycles. The van der Waals surface area contributed by atoms with Crippen LogP contribution in [0.1, 0.15) is 15.9 Å². The van der Waals surface area contributed by atoms with Crippen LogP contribution in [0.25, 0.3) is 0 Å². The molecule has 6 heteroatoms. The smallest absolute Gasteiger partial charge is 0.257 e. The first kappa shape index (κ1) is 13.7. The average molecular weight is 393 g/mol. The summed E-state index contributed by atoms with van der Waals surface area (Å²) in [6.07, 6.45) is 0. The molecule has 0 atom stereocenters. The molecule has 0 saturated heterocycles. The van der Waals surface area contributed by atoms with Gasteiger partial charge in [-0.2, -0.15) is 0 Å². The number of nitrogens with one attached hydrogen (secondary N) is 1. The van der Waals surface area contributed by atoms with Crippen LogP contribution in [0.4, 0.5) is 10.1 Å². The summed E-state index contributed by atoms with van der Waals surface area (Å²) in [5.41, 5.74) is 1.47. The van der Waals surface area contributed by atoms with Crippen LogP contribution in [0.2, 0.25) is 0 Å². The lowest BCUT2D eigenvalue weighted by atomic mass is 10.2. The maximum atomic E-state index is 13.6.